The highest BCUT2D eigenvalue weighted by Gasteiger charge is 2.19. The lowest BCUT2D eigenvalue weighted by Crippen LogP contribution is -1.94. The molecule has 3 rings (SSSR count). The van der Waals surface area contributed by atoms with Crippen LogP contribution in [0.3, 0.4) is 0 Å². The molecule has 0 aliphatic carbocycles. The first kappa shape index (κ1) is 13.4. The summed E-state index contributed by atoms with van der Waals surface area (Å²) < 4.78 is 7.06. The Kier molecular flexibility index (Phi) is 3.03. The molecule has 0 atom stereocenters. The normalized spacial score (nSPS) is 11.2. The van der Waals surface area contributed by atoms with Crippen molar-refractivity contribution in [1.82, 2.24) is 4.57 Å². The maximum absolute atomic E-state index is 11.2. The molecule has 6 nitrogen and oxygen atoms in total. The number of ether oxygens (including phenoxy) is 1. The summed E-state index contributed by atoms with van der Waals surface area (Å²) in [6.07, 6.45) is 0. The van der Waals surface area contributed by atoms with Crippen LogP contribution in [0.1, 0.15) is 5.56 Å². The van der Waals surface area contributed by atoms with Gasteiger partial charge in [0.05, 0.1) is 24.2 Å². The van der Waals surface area contributed by atoms with Gasteiger partial charge in [0.2, 0.25) is 0 Å². The summed E-state index contributed by atoms with van der Waals surface area (Å²) in [5, 5.41) is 22.1. The van der Waals surface area contributed by atoms with Gasteiger partial charge in [0.25, 0.3) is 0 Å². The molecule has 1 aromatic heterocycles. The average Bonchev–Trinajstić information content (AvgIpc) is 2.78. The van der Waals surface area contributed by atoms with E-state index in [0.717, 1.165) is 27.4 Å². The first-order valence-corrected chi connectivity index (χ1v) is 6.41. The van der Waals surface area contributed by atoms with E-state index in [1.807, 2.05) is 29.8 Å². The number of fused-ring (bicyclic) bond motifs is 3. The van der Waals surface area contributed by atoms with E-state index in [-0.39, 0.29) is 18.0 Å². The minimum atomic E-state index is -0.445. The van der Waals surface area contributed by atoms with Crippen LogP contribution in [0, 0.1) is 10.1 Å². The number of nitro benzene ring substituents is 1. The molecular formula is C15H14N2O4. The third kappa shape index (κ3) is 1.92. The van der Waals surface area contributed by atoms with E-state index in [0.29, 0.717) is 0 Å². The smallest absolute Gasteiger partial charge is 0.311 e. The van der Waals surface area contributed by atoms with Crippen LogP contribution in [0.5, 0.6) is 5.75 Å². The van der Waals surface area contributed by atoms with Gasteiger partial charge in [-0.25, -0.2) is 0 Å². The molecule has 0 amide bonds. The largest absolute Gasteiger partial charge is 0.490 e. The van der Waals surface area contributed by atoms with Crippen molar-refractivity contribution in [3.8, 4) is 5.75 Å². The van der Waals surface area contributed by atoms with E-state index in [1.165, 1.54) is 13.2 Å². The van der Waals surface area contributed by atoms with Crippen molar-refractivity contribution in [1.29, 1.82) is 0 Å². The lowest BCUT2D eigenvalue weighted by atomic mass is 10.1. The van der Waals surface area contributed by atoms with Gasteiger partial charge in [-0.3, -0.25) is 10.1 Å². The molecule has 0 fully saturated rings. The minimum Gasteiger partial charge on any atom is -0.490 e. The first-order chi connectivity index (χ1) is 10.1. The molecule has 0 radical (unpaired) electrons. The molecule has 0 bridgehead atoms. The molecular weight excluding hydrogens is 272 g/mol. The standard InChI is InChI=1S/C15H14N2O4/c1-16-12-5-9(8-18)3-4-10(12)11-6-14(17(19)20)15(21-2)7-13(11)16/h3-7,18H,8H2,1-2H3. The Labute approximate surface area is 120 Å². The fourth-order valence-electron chi connectivity index (χ4n) is 2.67. The van der Waals surface area contributed by atoms with Gasteiger partial charge in [0.15, 0.2) is 5.75 Å². The lowest BCUT2D eigenvalue weighted by Gasteiger charge is -2.03. The zero-order valence-electron chi connectivity index (χ0n) is 11.7. The van der Waals surface area contributed by atoms with E-state index in [2.05, 4.69) is 0 Å². The van der Waals surface area contributed by atoms with Gasteiger partial charge >= 0.3 is 5.69 Å². The number of aryl methyl sites for hydroxylation is 1. The predicted octanol–water partition coefficient (Wildman–Crippen LogP) is 2.74. The van der Waals surface area contributed by atoms with E-state index in [9.17, 15) is 15.2 Å². The summed E-state index contributed by atoms with van der Waals surface area (Å²) >= 11 is 0. The summed E-state index contributed by atoms with van der Waals surface area (Å²) in [7, 11) is 3.30. The van der Waals surface area contributed by atoms with Crippen LogP contribution < -0.4 is 4.74 Å². The zero-order chi connectivity index (χ0) is 15.1. The number of nitrogens with zero attached hydrogens (tertiary/aromatic N) is 2. The Morgan fingerprint density at radius 1 is 1.24 bits per heavy atom. The first-order valence-electron chi connectivity index (χ1n) is 6.41. The summed E-state index contributed by atoms with van der Waals surface area (Å²) in [4.78, 5) is 10.7. The van der Waals surface area contributed by atoms with Crippen LogP contribution in [0.2, 0.25) is 0 Å². The number of aliphatic hydroxyl groups excluding tert-OH is 1. The lowest BCUT2D eigenvalue weighted by molar-refractivity contribution is -0.385. The van der Waals surface area contributed by atoms with Crippen molar-refractivity contribution < 1.29 is 14.8 Å². The average molecular weight is 286 g/mol. The van der Waals surface area contributed by atoms with Gasteiger partial charge in [-0.15, -0.1) is 0 Å². The number of rotatable bonds is 3. The maximum atomic E-state index is 11.2. The molecule has 21 heavy (non-hydrogen) atoms. The van der Waals surface area contributed by atoms with Crippen molar-refractivity contribution in [3.05, 3.63) is 46.0 Å². The number of aliphatic hydroxyl groups is 1. The number of methoxy groups -OCH3 is 1. The predicted molar refractivity (Wildman–Crippen MR) is 79.6 cm³/mol. The van der Waals surface area contributed by atoms with Gasteiger partial charge in [-0.2, -0.15) is 0 Å². The fraction of sp³-hybridized carbons (Fsp3) is 0.200. The molecule has 1 heterocycles. The molecule has 0 spiro atoms. The number of nitro groups is 1. The number of aromatic nitrogens is 1. The van der Waals surface area contributed by atoms with E-state index < -0.39 is 4.92 Å². The van der Waals surface area contributed by atoms with Crippen LogP contribution in [0.25, 0.3) is 21.8 Å². The van der Waals surface area contributed by atoms with E-state index in [1.54, 1.807) is 6.07 Å². The Balaban J connectivity index is 2.44. The van der Waals surface area contributed by atoms with Gasteiger partial charge in [-0.1, -0.05) is 12.1 Å². The second kappa shape index (κ2) is 4.75. The van der Waals surface area contributed by atoms with Gasteiger partial charge in [-0.05, 0) is 11.6 Å². The molecule has 108 valence electrons. The fourth-order valence-corrected chi connectivity index (χ4v) is 2.67. The number of hydrogen-bond donors (Lipinski definition) is 1. The highest BCUT2D eigenvalue weighted by atomic mass is 16.6. The molecule has 3 aromatic rings. The summed E-state index contributed by atoms with van der Waals surface area (Å²) in [6.45, 7) is -0.0407. The molecule has 0 aliphatic heterocycles. The number of benzene rings is 2. The van der Waals surface area contributed by atoms with Gasteiger partial charge in [0, 0.05) is 35.5 Å². The second-order valence-corrected chi connectivity index (χ2v) is 4.87. The van der Waals surface area contributed by atoms with Crippen LogP contribution in [0.4, 0.5) is 5.69 Å². The molecule has 6 heteroatoms. The van der Waals surface area contributed by atoms with E-state index >= 15 is 0 Å². The Hall–Kier alpha value is -2.60. The molecule has 0 saturated heterocycles. The van der Waals surface area contributed by atoms with Crippen LogP contribution in [-0.2, 0) is 13.7 Å². The van der Waals surface area contributed by atoms with Crippen molar-refractivity contribution in [2.75, 3.05) is 7.11 Å². The maximum Gasteiger partial charge on any atom is 0.311 e. The Morgan fingerprint density at radius 2 is 1.95 bits per heavy atom. The molecule has 0 saturated carbocycles. The van der Waals surface area contributed by atoms with Gasteiger partial charge < -0.3 is 14.4 Å². The molecule has 0 aliphatic rings. The summed E-state index contributed by atoms with van der Waals surface area (Å²) in [5.74, 6) is 0.237. The van der Waals surface area contributed by atoms with Gasteiger partial charge in [0.1, 0.15) is 0 Å². The topological polar surface area (TPSA) is 77.5 Å². The van der Waals surface area contributed by atoms with Crippen LogP contribution in [0.15, 0.2) is 30.3 Å². The summed E-state index contributed by atoms with van der Waals surface area (Å²) in [6, 6.07) is 8.78. The van der Waals surface area contributed by atoms with Crippen LogP contribution in [-0.4, -0.2) is 21.7 Å². The Morgan fingerprint density at radius 3 is 2.57 bits per heavy atom. The quantitative estimate of drug-likeness (QED) is 0.593. The zero-order valence-corrected chi connectivity index (χ0v) is 11.7. The van der Waals surface area contributed by atoms with Crippen molar-refractivity contribution in [2.45, 2.75) is 6.61 Å². The SMILES string of the molecule is COc1cc2c(cc1[N+](=O)[O-])c1ccc(CO)cc1n2C. The highest BCUT2D eigenvalue weighted by Crippen LogP contribution is 2.37. The molecule has 1 N–H and O–H groups in total. The van der Waals surface area contributed by atoms with E-state index in [4.69, 9.17) is 4.74 Å². The third-order valence-electron chi connectivity index (χ3n) is 3.75. The van der Waals surface area contributed by atoms with Crippen molar-refractivity contribution >= 4 is 27.5 Å². The van der Waals surface area contributed by atoms with Crippen LogP contribution >= 0.6 is 0 Å². The number of hydrogen-bond acceptors (Lipinski definition) is 4. The molecule has 2 aromatic carbocycles. The monoisotopic (exact) mass is 286 g/mol. The summed E-state index contributed by atoms with van der Waals surface area (Å²) in [5.41, 5.74) is 2.51. The second-order valence-electron chi connectivity index (χ2n) is 4.87. The highest BCUT2D eigenvalue weighted by molar-refractivity contribution is 6.09. The Bertz CT molecular complexity index is 867. The molecule has 0 unspecified atom stereocenters. The third-order valence-corrected chi connectivity index (χ3v) is 3.75. The van der Waals surface area contributed by atoms with Crippen molar-refractivity contribution in [3.63, 3.8) is 0 Å². The van der Waals surface area contributed by atoms with Crippen molar-refractivity contribution in [2.24, 2.45) is 7.05 Å². The minimum absolute atomic E-state index is 0.0407.